The summed E-state index contributed by atoms with van der Waals surface area (Å²) in [6.07, 6.45) is 3.83. The van der Waals surface area contributed by atoms with Crippen LogP contribution < -0.4 is 9.62 Å². The molecule has 0 aliphatic heterocycles. The Bertz CT molecular complexity index is 694. The molecule has 2 aromatic rings. The lowest BCUT2D eigenvalue weighted by molar-refractivity contribution is 0.601. The van der Waals surface area contributed by atoms with Gasteiger partial charge in [0.1, 0.15) is 5.82 Å². The maximum absolute atomic E-state index is 12.3. The summed E-state index contributed by atoms with van der Waals surface area (Å²) in [7, 11) is -3.59. The molecule has 0 atom stereocenters. The highest BCUT2D eigenvalue weighted by Gasteiger charge is 2.14. The fourth-order valence-electron chi connectivity index (χ4n) is 2.34. The lowest BCUT2D eigenvalue weighted by Gasteiger charge is -2.23. The van der Waals surface area contributed by atoms with E-state index in [0.29, 0.717) is 5.82 Å². The molecule has 0 aliphatic carbocycles. The molecule has 0 radical (unpaired) electrons. The fourth-order valence-corrected chi connectivity index (χ4v) is 3.37. The zero-order valence-electron chi connectivity index (χ0n) is 13.6. The number of hydrogen-bond donors (Lipinski definition) is 1. The predicted molar refractivity (Wildman–Crippen MR) is 94.3 cm³/mol. The van der Waals surface area contributed by atoms with Crippen LogP contribution in [0.1, 0.15) is 26.7 Å². The van der Waals surface area contributed by atoms with Crippen LogP contribution in [0.4, 0.5) is 11.5 Å². The molecule has 1 aromatic heterocycles. The largest absolute Gasteiger partial charge is 0.370 e. The van der Waals surface area contributed by atoms with Crippen molar-refractivity contribution < 1.29 is 8.42 Å². The van der Waals surface area contributed by atoms with Crippen molar-refractivity contribution in [3.05, 3.63) is 48.7 Å². The average molecular weight is 333 g/mol. The van der Waals surface area contributed by atoms with E-state index in [1.54, 1.807) is 42.6 Å². The van der Waals surface area contributed by atoms with Gasteiger partial charge in [-0.15, -0.1) is 0 Å². The first-order chi connectivity index (χ1) is 11.1. The second kappa shape index (κ2) is 7.97. The van der Waals surface area contributed by atoms with Crippen molar-refractivity contribution in [3.63, 3.8) is 0 Å². The van der Waals surface area contributed by atoms with Gasteiger partial charge in [0.25, 0.3) is 10.0 Å². The molecule has 1 N–H and O–H groups in total. The summed E-state index contributed by atoms with van der Waals surface area (Å²) < 4.78 is 27.0. The summed E-state index contributed by atoms with van der Waals surface area (Å²) in [5.41, 5.74) is 1.01. The maximum atomic E-state index is 12.3. The van der Waals surface area contributed by atoms with Crippen LogP contribution in [-0.4, -0.2) is 26.5 Å². The summed E-state index contributed by atoms with van der Waals surface area (Å²) in [6.45, 7) is 6.20. The summed E-state index contributed by atoms with van der Waals surface area (Å²) in [5.74, 6) is 0.325. The quantitative estimate of drug-likeness (QED) is 0.803. The van der Waals surface area contributed by atoms with Crippen LogP contribution in [0.3, 0.4) is 0 Å². The third-order valence-corrected chi connectivity index (χ3v) is 4.76. The number of pyridine rings is 1. The highest BCUT2D eigenvalue weighted by atomic mass is 32.2. The van der Waals surface area contributed by atoms with Crippen molar-refractivity contribution in [2.24, 2.45) is 0 Å². The third kappa shape index (κ3) is 4.69. The van der Waals surface area contributed by atoms with Gasteiger partial charge in [-0.05, 0) is 37.1 Å². The standard InChI is InChI=1S/C17H23N3O2S/c1-3-12-20(13-4-2)15-10-11-17(18-14-15)19-23(21,22)16-8-6-5-7-9-16/h5-11,14H,3-4,12-13H2,1-2H3,(H,18,19). The molecule has 5 nitrogen and oxygen atoms in total. The molecule has 2 rings (SSSR count). The number of benzene rings is 1. The molecule has 6 heteroatoms. The van der Waals surface area contributed by atoms with E-state index in [1.165, 1.54) is 0 Å². The third-order valence-electron chi connectivity index (χ3n) is 3.39. The van der Waals surface area contributed by atoms with Crippen LogP contribution in [0.15, 0.2) is 53.6 Å². The first-order valence-corrected chi connectivity index (χ1v) is 9.34. The van der Waals surface area contributed by atoms with Gasteiger partial charge >= 0.3 is 0 Å². The molecule has 0 fully saturated rings. The molecule has 0 aliphatic rings. The van der Waals surface area contributed by atoms with E-state index in [0.717, 1.165) is 31.6 Å². The molecule has 1 heterocycles. The minimum atomic E-state index is -3.59. The minimum Gasteiger partial charge on any atom is -0.370 e. The Kier molecular flexibility index (Phi) is 5.98. The van der Waals surface area contributed by atoms with Crippen molar-refractivity contribution >= 4 is 21.5 Å². The van der Waals surface area contributed by atoms with E-state index in [9.17, 15) is 8.42 Å². The molecule has 0 amide bonds. The van der Waals surface area contributed by atoms with Gasteiger partial charge in [0, 0.05) is 13.1 Å². The van der Waals surface area contributed by atoms with Gasteiger partial charge in [0.05, 0.1) is 16.8 Å². The number of anilines is 2. The van der Waals surface area contributed by atoms with Gasteiger partial charge in [-0.2, -0.15) is 0 Å². The van der Waals surface area contributed by atoms with E-state index >= 15 is 0 Å². The van der Waals surface area contributed by atoms with Crippen molar-refractivity contribution in [1.82, 2.24) is 4.98 Å². The van der Waals surface area contributed by atoms with Crippen molar-refractivity contribution in [2.45, 2.75) is 31.6 Å². The highest BCUT2D eigenvalue weighted by molar-refractivity contribution is 7.92. The average Bonchev–Trinajstić information content (AvgIpc) is 2.56. The lowest BCUT2D eigenvalue weighted by Crippen LogP contribution is -2.25. The first kappa shape index (κ1) is 17.3. The normalized spacial score (nSPS) is 11.2. The second-order valence-electron chi connectivity index (χ2n) is 5.31. The van der Waals surface area contributed by atoms with E-state index in [2.05, 4.69) is 28.5 Å². The molecule has 124 valence electrons. The van der Waals surface area contributed by atoms with E-state index in [1.807, 2.05) is 6.07 Å². The summed E-state index contributed by atoms with van der Waals surface area (Å²) in [5, 5.41) is 0. The summed E-state index contributed by atoms with van der Waals surface area (Å²) >= 11 is 0. The number of aromatic nitrogens is 1. The van der Waals surface area contributed by atoms with Crippen molar-refractivity contribution in [1.29, 1.82) is 0 Å². The highest BCUT2D eigenvalue weighted by Crippen LogP contribution is 2.18. The predicted octanol–water partition coefficient (Wildman–Crippen LogP) is 3.51. The monoisotopic (exact) mass is 333 g/mol. The van der Waals surface area contributed by atoms with Crippen LogP contribution in [0.2, 0.25) is 0 Å². The Hall–Kier alpha value is -2.08. The minimum absolute atomic E-state index is 0.226. The zero-order valence-corrected chi connectivity index (χ0v) is 14.4. The number of hydrogen-bond acceptors (Lipinski definition) is 4. The van der Waals surface area contributed by atoms with Crippen LogP contribution in [0, 0.1) is 0 Å². The zero-order chi connectivity index (χ0) is 16.7. The SMILES string of the molecule is CCCN(CCC)c1ccc(NS(=O)(=O)c2ccccc2)nc1. The van der Waals surface area contributed by atoms with Gasteiger partial charge in [0.2, 0.25) is 0 Å². The number of sulfonamides is 1. The molecule has 0 unspecified atom stereocenters. The number of nitrogens with one attached hydrogen (secondary N) is 1. The number of nitrogens with zero attached hydrogens (tertiary/aromatic N) is 2. The van der Waals surface area contributed by atoms with Crippen molar-refractivity contribution in [3.8, 4) is 0 Å². The van der Waals surface area contributed by atoms with Crippen molar-refractivity contribution in [2.75, 3.05) is 22.7 Å². The van der Waals surface area contributed by atoms with Crippen LogP contribution in [-0.2, 0) is 10.0 Å². The Morgan fingerprint density at radius 3 is 2.17 bits per heavy atom. The molecule has 1 aromatic carbocycles. The van der Waals surface area contributed by atoms with E-state index < -0.39 is 10.0 Å². The Balaban J connectivity index is 2.13. The Morgan fingerprint density at radius 2 is 1.65 bits per heavy atom. The molecule has 0 saturated heterocycles. The topological polar surface area (TPSA) is 62.3 Å². The van der Waals surface area contributed by atoms with E-state index in [-0.39, 0.29) is 4.90 Å². The van der Waals surface area contributed by atoms with Gasteiger partial charge in [-0.1, -0.05) is 32.0 Å². The van der Waals surface area contributed by atoms with E-state index in [4.69, 9.17) is 0 Å². The molecular formula is C17H23N3O2S. The molecule has 23 heavy (non-hydrogen) atoms. The number of rotatable bonds is 8. The molecular weight excluding hydrogens is 310 g/mol. The van der Waals surface area contributed by atoms with Crippen LogP contribution >= 0.6 is 0 Å². The van der Waals surface area contributed by atoms with Gasteiger partial charge < -0.3 is 4.90 Å². The summed E-state index contributed by atoms with van der Waals surface area (Å²) in [6, 6.07) is 11.9. The first-order valence-electron chi connectivity index (χ1n) is 7.85. The van der Waals surface area contributed by atoms with Crippen LogP contribution in [0.25, 0.3) is 0 Å². The second-order valence-corrected chi connectivity index (χ2v) is 6.99. The lowest BCUT2D eigenvalue weighted by atomic mass is 10.3. The van der Waals surface area contributed by atoms with Gasteiger partial charge in [-0.25, -0.2) is 13.4 Å². The molecule has 0 saturated carbocycles. The smallest absolute Gasteiger partial charge is 0.263 e. The molecule has 0 bridgehead atoms. The summed E-state index contributed by atoms with van der Waals surface area (Å²) in [4.78, 5) is 6.72. The van der Waals surface area contributed by atoms with Crippen LogP contribution in [0.5, 0.6) is 0 Å². The van der Waals surface area contributed by atoms with Gasteiger partial charge in [-0.3, -0.25) is 4.72 Å². The molecule has 0 spiro atoms. The Labute approximate surface area is 138 Å². The van der Waals surface area contributed by atoms with Gasteiger partial charge in [0.15, 0.2) is 0 Å². The fraction of sp³-hybridized carbons (Fsp3) is 0.353. The Morgan fingerprint density at radius 1 is 1.00 bits per heavy atom. The maximum Gasteiger partial charge on any atom is 0.263 e.